The molecule has 3 aromatic rings. The van der Waals surface area contributed by atoms with Gasteiger partial charge in [-0.05, 0) is 31.5 Å². The molecule has 0 aliphatic rings. The molecule has 0 aliphatic heterocycles. The van der Waals surface area contributed by atoms with E-state index in [0.29, 0.717) is 18.0 Å². The maximum Gasteiger partial charge on any atom is 0.414 e. The first-order valence-electron chi connectivity index (χ1n) is 8.10. The van der Waals surface area contributed by atoms with E-state index < -0.39 is 6.09 Å². The number of fused-ring (bicyclic) bond motifs is 1. The van der Waals surface area contributed by atoms with Crippen LogP contribution in [0.25, 0.3) is 5.65 Å². The van der Waals surface area contributed by atoms with Gasteiger partial charge in [0.2, 0.25) is 11.6 Å². The molecule has 0 spiro atoms. The van der Waals surface area contributed by atoms with Gasteiger partial charge in [-0.2, -0.15) is 0 Å². The Morgan fingerprint density at radius 1 is 1.31 bits per heavy atom. The zero-order valence-corrected chi connectivity index (χ0v) is 14.7. The van der Waals surface area contributed by atoms with Crippen LogP contribution in [0.4, 0.5) is 16.6 Å². The highest BCUT2D eigenvalue weighted by atomic mass is 16.5. The van der Waals surface area contributed by atoms with Gasteiger partial charge in [0.1, 0.15) is 5.75 Å². The first-order chi connectivity index (χ1) is 12.5. The Labute approximate surface area is 150 Å². The van der Waals surface area contributed by atoms with Crippen molar-refractivity contribution < 1.29 is 14.6 Å². The lowest BCUT2D eigenvalue weighted by molar-refractivity contribution is 0.199. The number of nitrogens with one attached hydrogen (secondary N) is 1. The second-order valence-corrected chi connectivity index (χ2v) is 5.92. The fourth-order valence-electron chi connectivity index (χ4n) is 2.57. The molecule has 1 aromatic carbocycles. The summed E-state index contributed by atoms with van der Waals surface area (Å²) in [6.45, 7) is 4.09. The molecule has 0 unspecified atom stereocenters. The van der Waals surface area contributed by atoms with Crippen molar-refractivity contribution in [3.05, 3.63) is 42.2 Å². The molecule has 9 nitrogen and oxygen atoms in total. The normalized spacial score (nSPS) is 10.9. The highest BCUT2D eigenvalue weighted by Crippen LogP contribution is 2.21. The highest BCUT2D eigenvalue weighted by Gasteiger charge is 2.24. The molecule has 0 bridgehead atoms. The molecular formula is C17H20N6O3. The number of anilines is 2. The van der Waals surface area contributed by atoms with Crippen molar-refractivity contribution in [1.82, 2.24) is 19.6 Å². The summed E-state index contributed by atoms with van der Waals surface area (Å²) in [6.07, 6.45) is 2.14. The van der Waals surface area contributed by atoms with Crippen molar-refractivity contribution in [3.63, 3.8) is 0 Å². The number of amides is 1. The van der Waals surface area contributed by atoms with Gasteiger partial charge in [-0.25, -0.2) is 14.7 Å². The van der Waals surface area contributed by atoms with Crippen LogP contribution < -0.4 is 15.0 Å². The van der Waals surface area contributed by atoms with Gasteiger partial charge >= 0.3 is 6.09 Å². The topological polar surface area (TPSA) is 105 Å². The molecule has 0 fully saturated rings. The molecule has 9 heteroatoms. The Hall–Kier alpha value is -3.36. The fourth-order valence-corrected chi connectivity index (χ4v) is 2.57. The number of nitrogens with zero attached hydrogens (tertiary/aromatic N) is 5. The van der Waals surface area contributed by atoms with Crippen molar-refractivity contribution in [2.75, 3.05) is 17.3 Å². The van der Waals surface area contributed by atoms with Gasteiger partial charge in [0.25, 0.3) is 0 Å². The van der Waals surface area contributed by atoms with Crippen LogP contribution in [0.15, 0.2) is 36.7 Å². The lowest BCUT2D eigenvalue weighted by Crippen LogP contribution is -2.37. The van der Waals surface area contributed by atoms with E-state index in [1.807, 2.05) is 24.3 Å². The van der Waals surface area contributed by atoms with Gasteiger partial charge in [-0.1, -0.05) is 12.1 Å². The van der Waals surface area contributed by atoms with E-state index in [0.717, 1.165) is 16.2 Å². The monoisotopic (exact) mass is 356 g/mol. The summed E-state index contributed by atoms with van der Waals surface area (Å²) in [4.78, 5) is 17.0. The van der Waals surface area contributed by atoms with Crippen molar-refractivity contribution in [3.8, 4) is 5.75 Å². The zero-order valence-electron chi connectivity index (χ0n) is 14.7. The number of rotatable bonds is 6. The molecule has 26 heavy (non-hydrogen) atoms. The number of hydrogen-bond donors (Lipinski definition) is 2. The summed E-state index contributed by atoms with van der Waals surface area (Å²) < 4.78 is 6.75. The van der Waals surface area contributed by atoms with Crippen molar-refractivity contribution >= 4 is 23.5 Å². The van der Waals surface area contributed by atoms with Gasteiger partial charge in [-0.3, -0.25) is 4.40 Å². The summed E-state index contributed by atoms with van der Waals surface area (Å²) in [6, 6.07) is 7.39. The number of ether oxygens (including phenoxy) is 1. The zero-order chi connectivity index (χ0) is 18.7. The third kappa shape index (κ3) is 3.37. The molecule has 3 rings (SSSR count). The Balaban J connectivity index is 1.87. The highest BCUT2D eigenvalue weighted by molar-refractivity contribution is 5.85. The minimum Gasteiger partial charge on any atom is -0.497 e. The summed E-state index contributed by atoms with van der Waals surface area (Å²) in [5.41, 5.74) is 1.51. The maximum absolute atomic E-state index is 11.5. The Morgan fingerprint density at radius 3 is 2.65 bits per heavy atom. The predicted molar refractivity (Wildman–Crippen MR) is 96.7 cm³/mol. The average molecular weight is 356 g/mol. The standard InChI is InChI=1S/C17H20N6O3/c1-11(2)23(17(24)25)16-21-20-15-14(18-8-9-22(15)16)19-10-12-4-6-13(26-3)7-5-12/h4-9,11H,10H2,1-3H3,(H,18,19)(H,24,25). The lowest BCUT2D eigenvalue weighted by Gasteiger charge is -2.20. The second-order valence-electron chi connectivity index (χ2n) is 5.92. The first-order valence-corrected chi connectivity index (χ1v) is 8.10. The molecule has 0 atom stereocenters. The summed E-state index contributed by atoms with van der Waals surface area (Å²) in [5, 5.41) is 20.8. The second kappa shape index (κ2) is 7.26. The van der Waals surface area contributed by atoms with Gasteiger partial charge < -0.3 is 15.2 Å². The predicted octanol–water partition coefficient (Wildman–Crippen LogP) is 2.64. The molecule has 2 heterocycles. The molecule has 0 saturated carbocycles. The van der Waals surface area contributed by atoms with Crippen molar-refractivity contribution in [2.24, 2.45) is 0 Å². The van der Waals surface area contributed by atoms with E-state index in [4.69, 9.17) is 4.74 Å². The molecular weight excluding hydrogens is 336 g/mol. The van der Waals surface area contributed by atoms with E-state index in [1.54, 1.807) is 37.8 Å². The minimum absolute atomic E-state index is 0.234. The van der Waals surface area contributed by atoms with Crippen molar-refractivity contribution in [1.29, 1.82) is 0 Å². The van der Waals surface area contributed by atoms with E-state index in [9.17, 15) is 9.90 Å². The molecule has 0 aliphatic carbocycles. The van der Waals surface area contributed by atoms with Crippen LogP contribution in [0.2, 0.25) is 0 Å². The average Bonchev–Trinajstić information content (AvgIpc) is 3.04. The Morgan fingerprint density at radius 2 is 2.04 bits per heavy atom. The van der Waals surface area contributed by atoms with Gasteiger partial charge in [-0.15, -0.1) is 10.2 Å². The van der Waals surface area contributed by atoms with E-state index >= 15 is 0 Å². The van der Waals surface area contributed by atoms with E-state index in [2.05, 4.69) is 20.5 Å². The largest absolute Gasteiger partial charge is 0.497 e. The molecule has 0 saturated heterocycles. The fraction of sp³-hybridized carbons (Fsp3) is 0.294. The molecule has 136 valence electrons. The van der Waals surface area contributed by atoms with Gasteiger partial charge in [0, 0.05) is 25.0 Å². The van der Waals surface area contributed by atoms with Crippen LogP contribution >= 0.6 is 0 Å². The van der Waals surface area contributed by atoms with E-state index in [1.165, 1.54) is 0 Å². The quantitative estimate of drug-likeness (QED) is 0.699. The number of aromatic nitrogens is 4. The molecule has 2 N–H and O–H groups in total. The number of benzene rings is 1. The molecule has 2 aromatic heterocycles. The van der Waals surface area contributed by atoms with Crippen LogP contribution in [0.5, 0.6) is 5.75 Å². The number of carboxylic acid groups (broad SMARTS) is 1. The third-order valence-electron chi connectivity index (χ3n) is 3.87. The van der Waals surface area contributed by atoms with Crippen LogP contribution in [-0.2, 0) is 6.54 Å². The van der Waals surface area contributed by atoms with Crippen LogP contribution in [-0.4, -0.2) is 43.9 Å². The lowest BCUT2D eigenvalue weighted by atomic mass is 10.2. The summed E-state index contributed by atoms with van der Waals surface area (Å²) >= 11 is 0. The van der Waals surface area contributed by atoms with Crippen LogP contribution in [0, 0.1) is 0 Å². The SMILES string of the molecule is COc1ccc(CNc2nccn3c(N(C(=O)O)C(C)C)nnc23)cc1. The third-order valence-corrected chi connectivity index (χ3v) is 3.87. The van der Waals surface area contributed by atoms with Gasteiger partial charge in [0.05, 0.1) is 7.11 Å². The smallest absolute Gasteiger partial charge is 0.414 e. The van der Waals surface area contributed by atoms with E-state index in [-0.39, 0.29) is 12.0 Å². The summed E-state index contributed by atoms with van der Waals surface area (Å²) in [5.74, 6) is 1.55. The summed E-state index contributed by atoms with van der Waals surface area (Å²) in [7, 11) is 1.62. The number of hydrogen-bond acceptors (Lipinski definition) is 6. The minimum atomic E-state index is -1.08. The Kier molecular flexibility index (Phi) is 4.87. The van der Waals surface area contributed by atoms with Crippen LogP contribution in [0.3, 0.4) is 0 Å². The number of methoxy groups -OCH3 is 1. The molecule has 0 radical (unpaired) electrons. The number of carbonyl (C=O) groups is 1. The van der Waals surface area contributed by atoms with Crippen LogP contribution in [0.1, 0.15) is 19.4 Å². The van der Waals surface area contributed by atoms with Crippen molar-refractivity contribution in [2.45, 2.75) is 26.4 Å². The molecule has 1 amide bonds. The van der Waals surface area contributed by atoms with Gasteiger partial charge in [0.15, 0.2) is 5.82 Å². The maximum atomic E-state index is 11.5. The first kappa shape index (κ1) is 17.5. The Bertz CT molecular complexity index is 907.